The van der Waals surface area contributed by atoms with Crippen LogP contribution in [0, 0.1) is 6.92 Å². The molecule has 2 rings (SSSR count). The summed E-state index contributed by atoms with van der Waals surface area (Å²) in [6.07, 6.45) is 3.94. The molecule has 0 saturated heterocycles. The highest BCUT2D eigenvalue weighted by Crippen LogP contribution is 2.27. The minimum absolute atomic E-state index is 0.0313. The topological polar surface area (TPSA) is 40.5 Å². The monoisotopic (exact) mass is 281 g/mol. The van der Waals surface area contributed by atoms with Gasteiger partial charge in [-0.2, -0.15) is 0 Å². The molecule has 1 aliphatic carbocycles. The van der Waals surface area contributed by atoms with Gasteiger partial charge in [-0.05, 0) is 56.4 Å². The van der Waals surface area contributed by atoms with Crippen LogP contribution in [0.25, 0.3) is 0 Å². The molecule has 0 heterocycles. The van der Waals surface area contributed by atoms with E-state index < -0.39 is 0 Å². The molecule has 1 aromatic carbocycles. The highest BCUT2D eigenvalue weighted by atomic mass is 35.5. The van der Waals surface area contributed by atoms with Crippen molar-refractivity contribution in [3.8, 4) is 0 Å². The van der Waals surface area contributed by atoms with Crippen molar-refractivity contribution in [2.24, 2.45) is 0 Å². The quantitative estimate of drug-likeness (QED) is 0.901. The predicted molar refractivity (Wildman–Crippen MR) is 76.6 cm³/mol. The average molecular weight is 282 g/mol. The van der Waals surface area contributed by atoms with Crippen LogP contribution < -0.4 is 0 Å². The van der Waals surface area contributed by atoms with E-state index in [1.54, 1.807) is 6.07 Å². The van der Waals surface area contributed by atoms with Gasteiger partial charge < -0.3 is 10.0 Å². The van der Waals surface area contributed by atoms with E-state index in [2.05, 4.69) is 0 Å². The van der Waals surface area contributed by atoms with Gasteiger partial charge in [0, 0.05) is 29.8 Å². The van der Waals surface area contributed by atoms with Gasteiger partial charge in [-0.15, -0.1) is 0 Å². The lowest BCUT2D eigenvalue weighted by Crippen LogP contribution is -2.45. The fourth-order valence-electron chi connectivity index (χ4n) is 2.41. The van der Waals surface area contributed by atoms with Crippen molar-refractivity contribution < 1.29 is 9.90 Å². The number of halogens is 1. The Morgan fingerprint density at radius 1 is 1.42 bits per heavy atom. The second-order valence-electron chi connectivity index (χ2n) is 5.18. The molecule has 0 aliphatic heterocycles. The molecule has 1 fully saturated rings. The van der Waals surface area contributed by atoms with Crippen molar-refractivity contribution in [1.82, 2.24) is 4.90 Å². The minimum Gasteiger partial charge on any atom is -0.396 e. The summed E-state index contributed by atoms with van der Waals surface area (Å²) in [7, 11) is 0. The fraction of sp³-hybridized carbons (Fsp3) is 0.533. The maximum Gasteiger partial charge on any atom is 0.254 e. The SMILES string of the molecule is Cc1cc(Cl)cc(C(=O)N(CCCO)C2CCC2)c1. The number of hydrogen-bond acceptors (Lipinski definition) is 2. The molecule has 3 nitrogen and oxygen atoms in total. The number of hydrogen-bond donors (Lipinski definition) is 1. The number of carbonyl (C=O) groups excluding carboxylic acids is 1. The van der Waals surface area contributed by atoms with Crippen molar-refractivity contribution >= 4 is 17.5 Å². The Kier molecular flexibility index (Phi) is 4.83. The molecule has 0 unspecified atom stereocenters. The molecule has 1 aromatic rings. The number of aliphatic hydroxyl groups excluding tert-OH is 1. The van der Waals surface area contributed by atoms with Gasteiger partial charge in [0.25, 0.3) is 5.91 Å². The first-order chi connectivity index (χ1) is 9.11. The standard InChI is InChI=1S/C15H20ClNO2/c1-11-8-12(10-13(16)9-11)15(19)17(6-3-7-18)14-4-2-5-14/h8-10,14,18H,2-7H2,1H3. The zero-order valence-corrected chi connectivity index (χ0v) is 12.0. The first-order valence-electron chi connectivity index (χ1n) is 6.81. The van der Waals surface area contributed by atoms with Crippen molar-refractivity contribution in [2.45, 2.75) is 38.6 Å². The first kappa shape index (κ1) is 14.4. The number of benzene rings is 1. The Morgan fingerprint density at radius 2 is 2.16 bits per heavy atom. The van der Waals surface area contributed by atoms with Gasteiger partial charge in [0.2, 0.25) is 0 Å². The van der Waals surface area contributed by atoms with Gasteiger partial charge in [-0.1, -0.05) is 11.6 Å². The van der Waals surface area contributed by atoms with Crippen LogP contribution in [0.1, 0.15) is 41.6 Å². The molecular formula is C15H20ClNO2. The first-order valence-corrected chi connectivity index (χ1v) is 7.18. The van der Waals surface area contributed by atoms with Gasteiger partial charge in [-0.3, -0.25) is 4.79 Å². The largest absolute Gasteiger partial charge is 0.396 e. The predicted octanol–water partition coefficient (Wildman–Crippen LogP) is 3.03. The number of amides is 1. The average Bonchev–Trinajstić information content (AvgIpc) is 2.29. The third kappa shape index (κ3) is 3.48. The van der Waals surface area contributed by atoms with Gasteiger partial charge in [-0.25, -0.2) is 0 Å². The van der Waals surface area contributed by atoms with Crippen LogP contribution >= 0.6 is 11.6 Å². The smallest absolute Gasteiger partial charge is 0.254 e. The molecule has 1 amide bonds. The summed E-state index contributed by atoms with van der Waals surface area (Å²) in [5.41, 5.74) is 1.64. The maximum atomic E-state index is 12.6. The molecule has 104 valence electrons. The highest BCUT2D eigenvalue weighted by molar-refractivity contribution is 6.31. The zero-order chi connectivity index (χ0) is 13.8. The van der Waals surface area contributed by atoms with Gasteiger partial charge >= 0.3 is 0 Å². The van der Waals surface area contributed by atoms with Crippen LogP contribution in [0.15, 0.2) is 18.2 Å². The zero-order valence-electron chi connectivity index (χ0n) is 11.2. The molecule has 4 heteroatoms. The molecule has 1 N–H and O–H groups in total. The third-order valence-electron chi connectivity index (χ3n) is 3.62. The second kappa shape index (κ2) is 6.40. The maximum absolute atomic E-state index is 12.6. The molecule has 0 radical (unpaired) electrons. The van der Waals surface area contributed by atoms with E-state index >= 15 is 0 Å². The Labute approximate surface area is 119 Å². The highest BCUT2D eigenvalue weighted by Gasteiger charge is 2.29. The van der Waals surface area contributed by atoms with E-state index in [-0.39, 0.29) is 12.5 Å². The van der Waals surface area contributed by atoms with E-state index in [9.17, 15) is 4.79 Å². The van der Waals surface area contributed by atoms with Crippen LogP contribution in [0.2, 0.25) is 5.02 Å². The van der Waals surface area contributed by atoms with Crippen molar-refractivity contribution in [3.05, 3.63) is 34.3 Å². The third-order valence-corrected chi connectivity index (χ3v) is 3.84. The van der Waals surface area contributed by atoms with E-state index in [1.165, 1.54) is 6.42 Å². The summed E-state index contributed by atoms with van der Waals surface area (Å²) in [6, 6.07) is 5.78. The normalized spacial score (nSPS) is 15.1. The lowest BCUT2D eigenvalue weighted by atomic mass is 9.90. The molecule has 0 spiro atoms. The summed E-state index contributed by atoms with van der Waals surface area (Å²) < 4.78 is 0. The van der Waals surface area contributed by atoms with Crippen LogP contribution in [0.3, 0.4) is 0 Å². The minimum atomic E-state index is 0.0313. The Morgan fingerprint density at radius 3 is 2.68 bits per heavy atom. The van der Waals surface area contributed by atoms with Crippen LogP contribution in [0.5, 0.6) is 0 Å². The number of aryl methyl sites for hydroxylation is 1. The second-order valence-corrected chi connectivity index (χ2v) is 5.61. The van der Waals surface area contributed by atoms with Crippen molar-refractivity contribution in [3.63, 3.8) is 0 Å². The van der Waals surface area contributed by atoms with Crippen LogP contribution in [-0.4, -0.2) is 35.1 Å². The molecule has 1 aliphatic rings. The number of nitrogens with zero attached hydrogens (tertiary/aromatic N) is 1. The number of aliphatic hydroxyl groups is 1. The van der Waals surface area contributed by atoms with E-state index in [0.717, 1.165) is 18.4 Å². The summed E-state index contributed by atoms with van der Waals surface area (Å²) in [4.78, 5) is 14.5. The fourth-order valence-corrected chi connectivity index (χ4v) is 2.70. The van der Waals surface area contributed by atoms with E-state index in [4.69, 9.17) is 16.7 Å². The summed E-state index contributed by atoms with van der Waals surface area (Å²) >= 11 is 6.02. The summed E-state index contributed by atoms with van der Waals surface area (Å²) in [5, 5.41) is 9.57. The van der Waals surface area contributed by atoms with Crippen LogP contribution in [0.4, 0.5) is 0 Å². The molecule has 0 atom stereocenters. The Balaban J connectivity index is 2.17. The molecular weight excluding hydrogens is 262 g/mol. The van der Waals surface area contributed by atoms with E-state index in [0.29, 0.717) is 29.6 Å². The summed E-state index contributed by atoms with van der Waals surface area (Å²) in [6.45, 7) is 2.67. The Bertz CT molecular complexity index is 437. The molecule has 1 saturated carbocycles. The number of rotatable bonds is 5. The van der Waals surface area contributed by atoms with Crippen molar-refractivity contribution in [2.75, 3.05) is 13.2 Å². The van der Waals surface area contributed by atoms with Crippen LogP contribution in [-0.2, 0) is 0 Å². The molecule has 0 bridgehead atoms. The van der Waals surface area contributed by atoms with Gasteiger partial charge in [0.15, 0.2) is 0 Å². The van der Waals surface area contributed by atoms with Crippen molar-refractivity contribution in [1.29, 1.82) is 0 Å². The molecule has 19 heavy (non-hydrogen) atoms. The summed E-state index contributed by atoms with van der Waals surface area (Å²) in [5.74, 6) is 0.0313. The van der Waals surface area contributed by atoms with Gasteiger partial charge in [0.05, 0.1) is 0 Å². The van der Waals surface area contributed by atoms with Gasteiger partial charge in [0.1, 0.15) is 0 Å². The lowest BCUT2D eigenvalue weighted by Gasteiger charge is -2.37. The number of carbonyl (C=O) groups is 1. The Hall–Kier alpha value is -1.06. The molecule has 0 aromatic heterocycles. The van der Waals surface area contributed by atoms with E-state index in [1.807, 2.05) is 24.0 Å². The lowest BCUT2D eigenvalue weighted by molar-refractivity contribution is 0.0562.